The molecule has 1 atom stereocenters. The van der Waals surface area contributed by atoms with Gasteiger partial charge in [0, 0.05) is 10.9 Å². The number of aliphatic hydroxyl groups excluding tert-OH is 1. The summed E-state index contributed by atoms with van der Waals surface area (Å²) in [6.07, 6.45) is 0. The number of ether oxygens (including phenoxy) is 1. The van der Waals surface area contributed by atoms with Crippen LogP contribution in [0.4, 0.5) is 0 Å². The number of carbonyl (C=O) groups is 1. The maximum Gasteiger partial charge on any atom is 0.287 e. The zero-order valence-electron chi connectivity index (χ0n) is 13.6. The lowest BCUT2D eigenvalue weighted by molar-refractivity contribution is 0.0889. The third-order valence-corrected chi connectivity index (χ3v) is 4.04. The molecule has 0 fully saturated rings. The van der Waals surface area contributed by atoms with Crippen LogP contribution in [-0.2, 0) is 0 Å². The Morgan fingerprint density at radius 2 is 1.96 bits per heavy atom. The highest BCUT2D eigenvalue weighted by Crippen LogP contribution is 2.32. The summed E-state index contributed by atoms with van der Waals surface area (Å²) in [6.45, 7) is 1.63. The highest BCUT2D eigenvalue weighted by molar-refractivity contribution is 6.00. The largest absolute Gasteiger partial charge is 0.493 e. The van der Waals surface area contributed by atoms with E-state index >= 15 is 0 Å². The molecule has 5 heteroatoms. The number of benzene rings is 2. The maximum absolute atomic E-state index is 12.6. The van der Waals surface area contributed by atoms with Crippen LogP contribution in [0.5, 0.6) is 5.75 Å². The molecule has 0 spiro atoms. The molecule has 0 aliphatic heterocycles. The minimum absolute atomic E-state index is 0.196. The lowest BCUT2D eigenvalue weighted by atomic mass is 10.1. The second-order valence-corrected chi connectivity index (χ2v) is 5.51. The van der Waals surface area contributed by atoms with E-state index in [1.807, 2.05) is 49.4 Å². The van der Waals surface area contributed by atoms with Crippen LogP contribution in [0.1, 0.15) is 27.7 Å². The summed E-state index contributed by atoms with van der Waals surface area (Å²) >= 11 is 0. The summed E-state index contributed by atoms with van der Waals surface area (Å²) in [6, 6.07) is 14.4. The molecule has 0 radical (unpaired) electrons. The van der Waals surface area contributed by atoms with E-state index < -0.39 is 6.04 Å². The van der Waals surface area contributed by atoms with Gasteiger partial charge < -0.3 is 19.6 Å². The predicted octanol–water partition coefficient (Wildman–Crippen LogP) is 3.21. The third kappa shape index (κ3) is 2.86. The number of carbonyl (C=O) groups excluding carboxylic acids is 1. The molecule has 5 nitrogen and oxygen atoms in total. The van der Waals surface area contributed by atoms with Gasteiger partial charge in [0.2, 0.25) is 0 Å². The van der Waals surface area contributed by atoms with Crippen LogP contribution >= 0.6 is 0 Å². The average Bonchev–Trinajstić information content (AvgIpc) is 2.97. The van der Waals surface area contributed by atoms with E-state index in [-0.39, 0.29) is 18.3 Å². The van der Waals surface area contributed by atoms with E-state index in [1.165, 1.54) is 0 Å². The van der Waals surface area contributed by atoms with Crippen LogP contribution in [0, 0.1) is 6.92 Å². The molecule has 0 saturated heterocycles. The van der Waals surface area contributed by atoms with Crippen molar-refractivity contribution >= 4 is 16.9 Å². The normalized spacial score (nSPS) is 12.1. The van der Waals surface area contributed by atoms with Gasteiger partial charge in [-0.15, -0.1) is 0 Å². The molecule has 2 aromatic carbocycles. The van der Waals surface area contributed by atoms with Gasteiger partial charge in [-0.25, -0.2) is 0 Å². The fourth-order valence-electron chi connectivity index (χ4n) is 2.74. The van der Waals surface area contributed by atoms with Gasteiger partial charge in [-0.1, -0.05) is 42.5 Å². The summed E-state index contributed by atoms with van der Waals surface area (Å²) in [4.78, 5) is 12.6. The summed E-state index contributed by atoms with van der Waals surface area (Å²) in [5.74, 6) is 0.439. The number of hydrogen-bond donors (Lipinski definition) is 2. The number of nitrogens with one attached hydrogen (secondary N) is 1. The molecule has 124 valence electrons. The van der Waals surface area contributed by atoms with Gasteiger partial charge in [0.25, 0.3) is 5.91 Å². The molecule has 2 N–H and O–H groups in total. The van der Waals surface area contributed by atoms with E-state index in [2.05, 4.69) is 5.32 Å². The van der Waals surface area contributed by atoms with Gasteiger partial charge in [0.1, 0.15) is 0 Å². The number of para-hydroxylation sites is 1. The molecular formula is C19H19NO4. The molecule has 3 rings (SSSR count). The number of fused-ring (bicyclic) bond motifs is 1. The Bertz CT molecular complexity index is 854. The zero-order valence-corrected chi connectivity index (χ0v) is 13.6. The highest BCUT2D eigenvalue weighted by atomic mass is 16.5. The summed E-state index contributed by atoms with van der Waals surface area (Å²) in [5, 5.41) is 13.2. The standard InChI is InChI=1S/C19H19NO4/c1-12-14-9-6-10-16(23-2)18(14)24-17(12)19(22)20-15(11-21)13-7-4-3-5-8-13/h3-10,15,21H,11H2,1-2H3,(H,20,22). The van der Waals surface area contributed by atoms with Crippen LogP contribution in [0.15, 0.2) is 52.9 Å². The van der Waals surface area contributed by atoms with Crippen molar-refractivity contribution in [1.29, 1.82) is 0 Å². The van der Waals surface area contributed by atoms with E-state index in [0.29, 0.717) is 11.3 Å². The SMILES string of the molecule is COc1cccc2c(C)c(C(=O)NC(CO)c3ccccc3)oc12. The van der Waals surface area contributed by atoms with Crippen molar-refractivity contribution in [2.24, 2.45) is 0 Å². The average molecular weight is 325 g/mol. The van der Waals surface area contributed by atoms with Gasteiger partial charge in [0.05, 0.1) is 19.8 Å². The van der Waals surface area contributed by atoms with Crippen LogP contribution in [-0.4, -0.2) is 24.7 Å². The molecule has 1 heterocycles. The van der Waals surface area contributed by atoms with E-state index in [4.69, 9.17) is 9.15 Å². The lowest BCUT2D eigenvalue weighted by Crippen LogP contribution is -2.30. The fraction of sp³-hybridized carbons (Fsp3) is 0.211. The second-order valence-electron chi connectivity index (χ2n) is 5.51. The minimum atomic E-state index is -0.492. The quantitative estimate of drug-likeness (QED) is 0.755. The smallest absolute Gasteiger partial charge is 0.287 e. The molecule has 1 aromatic heterocycles. The number of aryl methyl sites for hydroxylation is 1. The first-order chi connectivity index (χ1) is 11.7. The molecule has 1 amide bonds. The van der Waals surface area contributed by atoms with Crippen molar-refractivity contribution in [3.63, 3.8) is 0 Å². The summed E-state index contributed by atoms with van der Waals surface area (Å²) in [5.41, 5.74) is 2.12. The molecule has 0 saturated carbocycles. The van der Waals surface area contributed by atoms with Crippen LogP contribution in [0.3, 0.4) is 0 Å². The number of methoxy groups -OCH3 is 1. The molecule has 1 unspecified atom stereocenters. The highest BCUT2D eigenvalue weighted by Gasteiger charge is 2.22. The fourth-order valence-corrected chi connectivity index (χ4v) is 2.74. The number of rotatable bonds is 5. The van der Waals surface area contributed by atoms with Crippen LogP contribution in [0.25, 0.3) is 11.0 Å². The van der Waals surface area contributed by atoms with Crippen LogP contribution < -0.4 is 10.1 Å². The topological polar surface area (TPSA) is 71.7 Å². The second kappa shape index (κ2) is 6.76. The van der Waals surface area contributed by atoms with Crippen molar-refractivity contribution in [3.05, 3.63) is 65.4 Å². The van der Waals surface area contributed by atoms with E-state index in [1.54, 1.807) is 13.2 Å². The maximum atomic E-state index is 12.6. The van der Waals surface area contributed by atoms with Gasteiger partial charge in [-0.2, -0.15) is 0 Å². The predicted molar refractivity (Wildman–Crippen MR) is 91.2 cm³/mol. The Kier molecular flexibility index (Phi) is 4.53. The van der Waals surface area contributed by atoms with Crippen molar-refractivity contribution in [2.45, 2.75) is 13.0 Å². The van der Waals surface area contributed by atoms with Gasteiger partial charge >= 0.3 is 0 Å². The zero-order chi connectivity index (χ0) is 17.1. The Morgan fingerprint density at radius 1 is 1.21 bits per heavy atom. The third-order valence-electron chi connectivity index (χ3n) is 4.04. The first-order valence-electron chi connectivity index (χ1n) is 7.68. The Hall–Kier alpha value is -2.79. The van der Waals surface area contributed by atoms with E-state index in [0.717, 1.165) is 16.5 Å². The molecule has 0 aliphatic carbocycles. The first-order valence-corrected chi connectivity index (χ1v) is 7.68. The van der Waals surface area contributed by atoms with Crippen molar-refractivity contribution in [3.8, 4) is 5.75 Å². The van der Waals surface area contributed by atoms with Crippen molar-refractivity contribution in [1.82, 2.24) is 5.32 Å². The van der Waals surface area contributed by atoms with Gasteiger partial charge in [-0.05, 0) is 18.6 Å². The number of aliphatic hydroxyl groups is 1. The van der Waals surface area contributed by atoms with Gasteiger partial charge in [0.15, 0.2) is 17.1 Å². The first kappa shape index (κ1) is 16.1. The number of hydrogen-bond acceptors (Lipinski definition) is 4. The molecule has 24 heavy (non-hydrogen) atoms. The van der Waals surface area contributed by atoms with Gasteiger partial charge in [-0.3, -0.25) is 4.79 Å². The van der Waals surface area contributed by atoms with Crippen LogP contribution in [0.2, 0.25) is 0 Å². The molecular weight excluding hydrogens is 306 g/mol. The summed E-state index contributed by atoms with van der Waals surface area (Å²) in [7, 11) is 1.56. The van der Waals surface area contributed by atoms with E-state index in [9.17, 15) is 9.90 Å². The van der Waals surface area contributed by atoms with Crippen molar-refractivity contribution in [2.75, 3.05) is 13.7 Å². The molecule has 3 aromatic rings. The Balaban J connectivity index is 1.92. The number of amides is 1. The summed E-state index contributed by atoms with van der Waals surface area (Å²) < 4.78 is 11.0. The Morgan fingerprint density at radius 3 is 2.62 bits per heavy atom. The lowest BCUT2D eigenvalue weighted by Gasteiger charge is -2.16. The number of furan rings is 1. The monoisotopic (exact) mass is 325 g/mol. The van der Waals surface area contributed by atoms with Crippen molar-refractivity contribution < 1.29 is 19.1 Å². The Labute approximate surface area is 139 Å². The molecule has 0 bridgehead atoms. The minimum Gasteiger partial charge on any atom is -0.493 e. The molecule has 0 aliphatic rings.